The maximum absolute atomic E-state index is 12.3. The number of carbonyl (C=O) groups is 3. The van der Waals surface area contributed by atoms with Crippen LogP contribution in [0.25, 0.3) is 0 Å². The predicted octanol–water partition coefficient (Wildman–Crippen LogP) is 3.70. The van der Waals surface area contributed by atoms with Crippen molar-refractivity contribution in [3.63, 3.8) is 0 Å². The van der Waals surface area contributed by atoms with Crippen molar-refractivity contribution in [2.75, 3.05) is 0 Å². The van der Waals surface area contributed by atoms with Crippen LogP contribution in [0.3, 0.4) is 0 Å². The average molecular weight is 491 g/mol. The van der Waals surface area contributed by atoms with Crippen LogP contribution in [0.1, 0.15) is 72.5 Å². The summed E-state index contributed by atoms with van der Waals surface area (Å²) in [6.45, 7) is 10.2. The molecule has 10 unspecified atom stereocenters. The second kappa shape index (κ2) is 8.06. The molecule has 0 N–H and O–H groups in total. The summed E-state index contributed by atoms with van der Waals surface area (Å²) in [6, 6.07) is 1.84. The third-order valence-electron chi connectivity index (χ3n) is 9.38. The first-order valence-electron chi connectivity index (χ1n) is 12.3. The Morgan fingerprint density at radius 2 is 1.69 bits per heavy atom. The van der Waals surface area contributed by atoms with Crippen molar-refractivity contribution in [1.82, 2.24) is 0 Å². The van der Waals surface area contributed by atoms with Crippen molar-refractivity contribution in [2.45, 2.75) is 97.1 Å². The molecule has 3 heterocycles. The van der Waals surface area contributed by atoms with Crippen LogP contribution in [0.2, 0.25) is 0 Å². The Balaban J connectivity index is 1.69. The Morgan fingerprint density at radius 3 is 2.29 bits per heavy atom. The summed E-state index contributed by atoms with van der Waals surface area (Å²) < 4.78 is 35.8. The lowest BCUT2D eigenvalue weighted by molar-refractivity contribution is -0.281. The van der Waals surface area contributed by atoms with Gasteiger partial charge in [0.1, 0.15) is 17.8 Å². The number of epoxide rings is 1. The van der Waals surface area contributed by atoms with E-state index >= 15 is 0 Å². The fourth-order valence-electron chi connectivity index (χ4n) is 7.68. The van der Waals surface area contributed by atoms with E-state index in [0.717, 1.165) is 18.4 Å². The van der Waals surface area contributed by atoms with Gasteiger partial charge in [-0.05, 0) is 38.2 Å². The first-order valence-corrected chi connectivity index (χ1v) is 12.3. The summed E-state index contributed by atoms with van der Waals surface area (Å²) >= 11 is 0. The van der Waals surface area contributed by atoms with Gasteiger partial charge in [0.05, 0.1) is 24.7 Å². The summed E-state index contributed by atoms with van der Waals surface area (Å²) in [5.74, 6) is -1.83. The largest absolute Gasteiger partial charge is 0.472 e. The zero-order valence-corrected chi connectivity index (χ0v) is 21.1. The van der Waals surface area contributed by atoms with Crippen LogP contribution < -0.4 is 0 Å². The van der Waals surface area contributed by atoms with Crippen LogP contribution in [-0.2, 0) is 38.1 Å². The van der Waals surface area contributed by atoms with E-state index in [4.69, 9.17) is 28.1 Å². The lowest BCUT2D eigenvalue weighted by Crippen LogP contribution is -2.71. The highest BCUT2D eigenvalue weighted by atomic mass is 16.7. The molecule has 9 nitrogen and oxygen atoms in total. The molecule has 1 spiro atoms. The van der Waals surface area contributed by atoms with Crippen molar-refractivity contribution in [2.24, 2.45) is 22.7 Å². The van der Waals surface area contributed by atoms with Crippen LogP contribution in [0, 0.1) is 22.7 Å². The number of fused-ring (bicyclic) bond motifs is 4. The van der Waals surface area contributed by atoms with Gasteiger partial charge >= 0.3 is 17.9 Å². The third kappa shape index (κ3) is 3.38. The highest BCUT2D eigenvalue weighted by molar-refractivity contribution is 5.68. The van der Waals surface area contributed by atoms with E-state index in [-0.39, 0.29) is 24.0 Å². The van der Waals surface area contributed by atoms with E-state index in [1.807, 2.05) is 19.9 Å². The number of ether oxygens (including phenoxy) is 5. The molecular formula is C26H34O9. The predicted molar refractivity (Wildman–Crippen MR) is 120 cm³/mol. The number of hydrogen-bond donors (Lipinski definition) is 0. The summed E-state index contributed by atoms with van der Waals surface area (Å²) in [4.78, 5) is 36.9. The summed E-state index contributed by atoms with van der Waals surface area (Å²) in [6.07, 6.45) is 2.60. The van der Waals surface area contributed by atoms with Gasteiger partial charge in [-0.1, -0.05) is 13.8 Å². The van der Waals surface area contributed by atoms with Gasteiger partial charge in [-0.25, -0.2) is 0 Å². The normalized spacial score (nSPS) is 45.8. The number of rotatable bonds is 4. The number of carbonyl (C=O) groups excluding carboxylic acids is 3. The van der Waals surface area contributed by atoms with Crippen molar-refractivity contribution < 1.29 is 42.5 Å². The SMILES string of the molecule is CC(=O)OC1C(C)C2(CC(c3ccoc3)OC2OC(C)=O)C2CCC3OC3(C)C2(C)C1OC(C)=O. The van der Waals surface area contributed by atoms with Crippen LogP contribution in [0.15, 0.2) is 23.0 Å². The second-order valence-corrected chi connectivity index (χ2v) is 11.0. The third-order valence-corrected chi connectivity index (χ3v) is 9.38. The first kappa shape index (κ1) is 24.3. The zero-order valence-electron chi connectivity index (χ0n) is 21.1. The molecule has 5 rings (SSSR count). The summed E-state index contributed by atoms with van der Waals surface area (Å²) in [7, 11) is 0. The van der Waals surface area contributed by atoms with Gasteiger partial charge in [-0.15, -0.1) is 0 Å². The minimum absolute atomic E-state index is 0.0180. The minimum atomic E-state index is -0.880. The molecule has 2 aliphatic heterocycles. The number of esters is 3. The number of furan rings is 1. The number of hydrogen-bond acceptors (Lipinski definition) is 9. The van der Waals surface area contributed by atoms with E-state index in [1.165, 1.54) is 20.8 Å². The molecule has 4 aliphatic rings. The lowest BCUT2D eigenvalue weighted by atomic mass is 9.42. The molecule has 1 aromatic heterocycles. The highest BCUT2D eigenvalue weighted by Crippen LogP contribution is 2.74. The maximum atomic E-state index is 12.3. The van der Waals surface area contributed by atoms with Gasteiger partial charge in [0.25, 0.3) is 0 Å². The molecule has 0 aromatic carbocycles. The molecule has 2 saturated heterocycles. The fourth-order valence-corrected chi connectivity index (χ4v) is 7.68. The topological polar surface area (TPSA) is 114 Å². The molecule has 2 saturated carbocycles. The maximum Gasteiger partial charge on any atom is 0.304 e. The van der Waals surface area contributed by atoms with Gasteiger partial charge in [-0.3, -0.25) is 14.4 Å². The Kier molecular flexibility index (Phi) is 5.60. The molecule has 9 heteroatoms. The lowest BCUT2D eigenvalue weighted by Gasteiger charge is -2.63. The zero-order chi connectivity index (χ0) is 25.3. The van der Waals surface area contributed by atoms with Crippen molar-refractivity contribution in [3.05, 3.63) is 24.2 Å². The highest BCUT2D eigenvalue weighted by Gasteiger charge is 2.81. The fraction of sp³-hybridized carbons (Fsp3) is 0.731. The Hall–Kier alpha value is -2.39. The molecule has 192 valence electrons. The molecule has 10 atom stereocenters. The van der Waals surface area contributed by atoms with E-state index in [9.17, 15) is 14.4 Å². The Labute approximate surface area is 204 Å². The average Bonchev–Trinajstić information content (AvgIpc) is 3.12. The van der Waals surface area contributed by atoms with Gasteiger partial charge in [0.2, 0.25) is 6.29 Å². The molecule has 1 aromatic rings. The molecule has 2 aliphatic carbocycles. The monoisotopic (exact) mass is 490 g/mol. The summed E-state index contributed by atoms with van der Waals surface area (Å²) in [5, 5.41) is 0. The smallest absolute Gasteiger partial charge is 0.304 e. The van der Waals surface area contributed by atoms with Crippen molar-refractivity contribution in [1.29, 1.82) is 0 Å². The van der Waals surface area contributed by atoms with Gasteiger partial charge in [0.15, 0.2) is 0 Å². The van der Waals surface area contributed by atoms with E-state index in [1.54, 1.807) is 12.5 Å². The second-order valence-electron chi connectivity index (χ2n) is 11.0. The molecular weight excluding hydrogens is 456 g/mol. The molecule has 4 fully saturated rings. The first-order chi connectivity index (χ1) is 16.4. The molecule has 0 bridgehead atoms. The molecule has 35 heavy (non-hydrogen) atoms. The van der Waals surface area contributed by atoms with Crippen molar-refractivity contribution >= 4 is 17.9 Å². The Bertz CT molecular complexity index is 1020. The van der Waals surface area contributed by atoms with Gasteiger partial charge in [0, 0.05) is 43.1 Å². The van der Waals surface area contributed by atoms with E-state index in [0.29, 0.717) is 6.42 Å². The molecule has 0 amide bonds. The van der Waals surface area contributed by atoms with Crippen LogP contribution in [0.4, 0.5) is 0 Å². The minimum Gasteiger partial charge on any atom is -0.472 e. The van der Waals surface area contributed by atoms with Crippen LogP contribution in [0.5, 0.6) is 0 Å². The van der Waals surface area contributed by atoms with Crippen LogP contribution >= 0.6 is 0 Å². The summed E-state index contributed by atoms with van der Waals surface area (Å²) in [5.41, 5.74) is -1.18. The van der Waals surface area contributed by atoms with Gasteiger partial charge in [-0.2, -0.15) is 0 Å². The van der Waals surface area contributed by atoms with Crippen LogP contribution in [-0.4, -0.2) is 48.1 Å². The van der Waals surface area contributed by atoms with E-state index in [2.05, 4.69) is 6.92 Å². The molecule has 0 radical (unpaired) electrons. The quantitative estimate of drug-likeness (QED) is 0.354. The van der Waals surface area contributed by atoms with Gasteiger partial charge < -0.3 is 28.1 Å². The standard InChI is InChI=1S/C26H34O9/c1-13-21(31-14(2)27)22(32-15(3)28)24(5)19(7-8-20-25(24,6)35-20)26(13)11-18(17-9-10-30-12-17)34-23(26)33-16(4)29/h9-10,12-13,18-23H,7-8,11H2,1-6H3. The Morgan fingerprint density at radius 1 is 1.00 bits per heavy atom. The van der Waals surface area contributed by atoms with Crippen molar-refractivity contribution in [3.8, 4) is 0 Å². The van der Waals surface area contributed by atoms with E-state index < -0.39 is 52.8 Å².